The third-order valence-electron chi connectivity index (χ3n) is 5.61. The van der Waals surface area contributed by atoms with Gasteiger partial charge in [0.1, 0.15) is 17.3 Å². The molecule has 0 amide bonds. The number of ether oxygens (including phenoxy) is 2. The van der Waals surface area contributed by atoms with Crippen molar-refractivity contribution in [3.05, 3.63) is 99.0 Å². The van der Waals surface area contributed by atoms with Gasteiger partial charge in [0.2, 0.25) is 5.78 Å². The zero-order chi connectivity index (χ0) is 23.3. The van der Waals surface area contributed by atoms with Crippen molar-refractivity contribution in [3.63, 3.8) is 0 Å². The average Bonchev–Trinajstić information content (AvgIpc) is 3.11. The SMILES string of the molecule is O=C1CC(c2ccc(C(=O)O)cc2)c2c(ccc3c2O/C(=C\c2c(F)cccc2Cl)C3=O)O1. The molecule has 0 radical (unpaired) electrons. The Balaban J connectivity index is 1.61. The largest absolute Gasteiger partial charge is 0.478 e. The van der Waals surface area contributed by atoms with Crippen molar-refractivity contribution in [1.82, 2.24) is 0 Å². The van der Waals surface area contributed by atoms with E-state index in [1.807, 2.05) is 0 Å². The molecule has 2 heterocycles. The van der Waals surface area contributed by atoms with Gasteiger partial charge >= 0.3 is 11.9 Å². The number of Topliss-reactive ketones (excluding diaryl/α,β-unsaturated/α-hetero) is 1. The van der Waals surface area contributed by atoms with Crippen LogP contribution in [0.2, 0.25) is 5.02 Å². The molecule has 0 spiro atoms. The van der Waals surface area contributed by atoms with Crippen LogP contribution in [0, 0.1) is 5.82 Å². The average molecular weight is 465 g/mol. The number of benzene rings is 3. The quantitative estimate of drug-likeness (QED) is 0.324. The Morgan fingerprint density at radius 3 is 2.52 bits per heavy atom. The Morgan fingerprint density at radius 2 is 1.82 bits per heavy atom. The maximum atomic E-state index is 14.3. The topological polar surface area (TPSA) is 89.9 Å². The molecule has 0 saturated carbocycles. The summed E-state index contributed by atoms with van der Waals surface area (Å²) in [4.78, 5) is 36.4. The summed E-state index contributed by atoms with van der Waals surface area (Å²) in [7, 11) is 0. The van der Waals surface area contributed by atoms with E-state index in [9.17, 15) is 18.8 Å². The van der Waals surface area contributed by atoms with Crippen LogP contribution in [-0.4, -0.2) is 22.8 Å². The number of esters is 1. The number of fused-ring (bicyclic) bond motifs is 3. The van der Waals surface area contributed by atoms with E-state index in [0.29, 0.717) is 11.1 Å². The zero-order valence-electron chi connectivity index (χ0n) is 16.8. The molecule has 33 heavy (non-hydrogen) atoms. The normalized spacial score (nSPS) is 17.9. The van der Waals surface area contributed by atoms with E-state index in [1.165, 1.54) is 48.5 Å². The van der Waals surface area contributed by atoms with Gasteiger partial charge in [0, 0.05) is 17.0 Å². The van der Waals surface area contributed by atoms with E-state index in [4.69, 9.17) is 26.2 Å². The van der Waals surface area contributed by atoms with Crippen LogP contribution >= 0.6 is 11.6 Å². The number of carbonyl (C=O) groups excluding carboxylic acids is 2. The molecule has 0 aliphatic carbocycles. The highest BCUT2D eigenvalue weighted by Crippen LogP contribution is 2.49. The minimum Gasteiger partial charge on any atom is -0.478 e. The fourth-order valence-corrected chi connectivity index (χ4v) is 4.25. The highest BCUT2D eigenvalue weighted by Gasteiger charge is 2.38. The van der Waals surface area contributed by atoms with Crippen LogP contribution < -0.4 is 9.47 Å². The lowest BCUT2D eigenvalue weighted by Gasteiger charge is -2.26. The summed E-state index contributed by atoms with van der Waals surface area (Å²) in [6.07, 6.45) is 1.23. The van der Waals surface area contributed by atoms with Crippen LogP contribution in [0.25, 0.3) is 6.08 Å². The number of carboxylic acid groups (broad SMARTS) is 1. The van der Waals surface area contributed by atoms with Crippen molar-refractivity contribution in [2.24, 2.45) is 0 Å². The van der Waals surface area contributed by atoms with Crippen molar-refractivity contribution in [2.45, 2.75) is 12.3 Å². The molecule has 3 aromatic rings. The van der Waals surface area contributed by atoms with Gasteiger partial charge in [-0.25, -0.2) is 9.18 Å². The number of hydrogen-bond donors (Lipinski definition) is 1. The lowest BCUT2D eigenvalue weighted by molar-refractivity contribution is -0.135. The first-order valence-corrected chi connectivity index (χ1v) is 10.3. The monoisotopic (exact) mass is 464 g/mol. The number of rotatable bonds is 3. The van der Waals surface area contributed by atoms with Gasteiger partial charge in [0.05, 0.1) is 22.6 Å². The molecule has 0 fully saturated rings. The Kier molecular flexibility index (Phi) is 4.98. The summed E-state index contributed by atoms with van der Waals surface area (Å²) in [5.41, 5.74) is 1.53. The molecule has 1 N–H and O–H groups in total. The molecule has 0 saturated heterocycles. The minimum atomic E-state index is -1.07. The summed E-state index contributed by atoms with van der Waals surface area (Å²) in [5.74, 6) is -2.76. The van der Waals surface area contributed by atoms with Crippen molar-refractivity contribution in [3.8, 4) is 11.5 Å². The summed E-state index contributed by atoms with van der Waals surface area (Å²) in [6, 6.07) is 13.3. The summed E-state index contributed by atoms with van der Waals surface area (Å²) in [5, 5.41) is 9.28. The van der Waals surface area contributed by atoms with E-state index in [2.05, 4.69) is 0 Å². The van der Waals surface area contributed by atoms with Crippen LogP contribution in [0.1, 0.15) is 49.7 Å². The first kappa shape index (κ1) is 20.9. The van der Waals surface area contributed by atoms with Gasteiger partial charge in [-0.3, -0.25) is 9.59 Å². The second-order valence-corrected chi connectivity index (χ2v) is 7.99. The molecule has 2 aliphatic heterocycles. The molecular formula is C25H14ClFO6. The first-order valence-electron chi connectivity index (χ1n) is 9.92. The zero-order valence-corrected chi connectivity index (χ0v) is 17.6. The fourth-order valence-electron chi connectivity index (χ4n) is 4.03. The highest BCUT2D eigenvalue weighted by molar-refractivity contribution is 6.32. The molecule has 164 valence electrons. The van der Waals surface area contributed by atoms with Crippen LogP contribution in [0.3, 0.4) is 0 Å². The number of halogens is 2. The van der Waals surface area contributed by atoms with Crippen LogP contribution in [0.15, 0.2) is 60.4 Å². The van der Waals surface area contributed by atoms with Crippen molar-refractivity contribution in [2.75, 3.05) is 0 Å². The molecule has 8 heteroatoms. The molecule has 0 aromatic heterocycles. The number of ketones is 1. The highest BCUT2D eigenvalue weighted by atomic mass is 35.5. The predicted octanol–water partition coefficient (Wildman–Crippen LogP) is 5.23. The standard InChI is InChI=1S/C25H14ClFO6/c26-17-2-1-3-18(27)16(17)10-20-23(29)14-8-9-19-22(24(14)33-20)15(11-21(28)32-19)12-4-6-13(7-5-12)25(30)31/h1-10,15H,11H2,(H,30,31)/b20-10-. The summed E-state index contributed by atoms with van der Waals surface area (Å²) in [6.45, 7) is 0. The number of carboxylic acids is 1. The Labute approximate surface area is 191 Å². The van der Waals surface area contributed by atoms with Gasteiger partial charge in [-0.05, 0) is 48.0 Å². The number of aromatic carboxylic acids is 1. The van der Waals surface area contributed by atoms with Gasteiger partial charge in [-0.1, -0.05) is 29.8 Å². The van der Waals surface area contributed by atoms with Crippen LogP contribution in [0.5, 0.6) is 11.5 Å². The van der Waals surface area contributed by atoms with E-state index >= 15 is 0 Å². The molecule has 3 aromatic carbocycles. The molecule has 5 rings (SSSR count). The van der Waals surface area contributed by atoms with Crippen molar-refractivity contribution < 1.29 is 33.4 Å². The van der Waals surface area contributed by atoms with Crippen molar-refractivity contribution >= 4 is 35.4 Å². The lowest BCUT2D eigenvalue weighted by atomic mass is 9.84. The third kappa shape index (κ3) is 3.56. The Hall–Kier alpha value is -3.97. The number of carbonyl (C=O) groups is 3. The fraction of sp³-hybridized carbons (Fsp3) is 0.0800. The van der Waals surface area contributed by atoms with Crippen LogP contribution in [-0.2, 0) is 4.79 Å². The van der Waals surface area contributed by atoms with Crippen LogP contribution in [0.4, 0.5) is 4.39 Å². The Bertz CT molecular complexity index is 1360. The molecule has 1 atom stereocenters. The molecule has 6 nitrogen and oxygen atoms in total. The van der Waals surface area contributed by atoms with E-state index in [-0.39, 0.29) is 45.4 Å². The van der Waals surface area contributed by atoms with Gasteiger partial charge < -0.3 is 14.6 Å². The second kappa shape index (κ2) is 7.86. The third-order valence-corrected chi connectivity index (χ3v) is 5.94. The molecule has 0 bridgehead atoms. The maximum absolute atomic E-state index is 14.3. The van der Waals surface area contributed by atoms with Crippen molar-refractivity contribution in [1.29, 1.82) is 0 Å². The number of hydrogen-bond acceptors (Lipinski definition) is 5. The van der Waals surface area contributed by atoms with E-state index in [1.54, 1.807) is 12.1 Å². The summed E-state index contributed by atoms with van der Waals surface area (Å²) >= 11 is 6.09. The Morgan fingerprint density at radius 1 is 1.06 bits per heavy atom. The smallest absolute Gasteiger partial charge is 0.335 e. The lowest BCUT2D eigenvalue weighted by Crippen LogP contribution is -2.21. The minimum absolute atomic E-state index is 0.0222. The van der Waals surface area contributed by atoms with Gasteiger partial charge in [-0.15, -0.1) is 0 Å². The maximum Gasteiger partial charge on any atom is 0.335 e. The first-order chi connectivity index (χ1) is 15.8. The second-order valence-electron chi connectivity index (χ2n) is 7.59. The molecular weight excluding hydrogens is 451 g/mol. The predicted molar refractivity (Wildman–Crippen MR) is 116 cm³/mol. The summed E-state index contributed by atoms with van der Waals surface area (Å²) < 4.78 is 25.5. The van der Waals surface area contributed by atoms with Gasteiger partial charge in [0.25, 0.3) is 0 Å². The van der Waals surface area contributed by atoms with Gasteiger partial charge in [0.15, 0.2) is 5.76 Å². The van der Waals surface area contributed by atoms with E-state index in [0.717, 1.165) is 0 Å². The van der Waals surface area contributed by atoms with Gasteiger partial charge in [-0.2, -0.15) is 0 Å². The number of allylic oxidation sites excluding steroid dienone is 1. The molecule has 1 unspecified atom stereocenters. The molecule has 2 aliphatic rings. The van der Waals surface area contributed by atoms with E-state index < -0.39 is 29.5 Å².